The fourth-order valence-corrected chi connectivity index (χ4v) is 3.28. The molecule has 0 unspecified atom stereocenters. The van der Waals surface area contributed by atoms with Crippen LogP contribution in [0.25, 0.3) is 11.0 Å². The van der Waals surface area contributed by atoms with E-state index < -0.39 is 0 Å². The SMILES string of the molecule is COc1ccc(CN(C)Cc2cc(=O)oc3c(C)c(C)ccc23)c(OC)c1. The van der Waals surface area contributed by atoms with Crippen LogP contribution in [-0.4, -0.2) is 26.2 Å². The van der Waals surface area contributed by atoms with Crippen molar-refractivity contribution in [3.05, 3.63) is 69.1 Å². The van der Waals surface area contributed by atoms with Gasteiger partial charge in [0.2, 0.25) is 0 Å². The predicted molar refractivity (Wildman–Crippen MR) is 107 cm³/mol. The van der Waals surface area contributed by atoms with Crippen molar-refractivity contribution in [3.8, 4) is 11.5 Å². The summed E-state index contributed by atoms with van der Waals surface area (Å²) in [5.74, 6) is 1.54. The second-order valence-corrected chi connectivity index (χ2v) is 6.82. The zero-order valence-corrected chi connectivity index (χ0v) is 16.5. The van der Waals surface area contributed by atoms with Gasteiger partial charge in [0, 0.05) is 36.2 Å². The molecule has 0 N–H and O–H groups in total. The molecule has 0 saturated heterocycles. The summed E-state index contributed by atoms with van der Waals surface area (Å²) in [6, 6.07) is 11.5. The number of hydrogen-bond acceptors (Lipinski definition) is 5. The van der Waals surface area contributed by atoms with Crippen LogP contribution in [0.4, 0.5) is 0 Å². The molecule has 0 aliphatic heterocycles. The van der Waals surface area contributed by atoms with Crippen LogP contribution in [0.1, 0.15) is 22.3 Å². The first-order valence-corrected chi connectivity index (χ1v) is 8.85. The topological polar surface area (TPSA) is 51.9 Å². The summed E-state index contributed by atoms with van der Waals surface area (Å²) in [5.41, 5.74) is 4.49. The molecule has 1 heterocycles. The van der Waals surface area contributed by atoms with Gasteiger partial charge in [-0.15, -0.1) is 0 Å². The highest BCUT2D eigenvalue weighted by Gasteiger charge is 2.13. The van der Waals surface area contributed by atoms with Gasteiger partial charge in [-0.3, -0.25) is 4.90 Å². The maximum atomic E-state index is 12.1. The molecular weight excluding hydrogens is 342 g/mol. The fourth-order valence-electron chi connectivity index (χ4n) is 3.28. The number of rotatable bonds is 6. The van der Waals surface area contributed by atoms with Gasteiger partial charge >= 0.3 is 5.63 Å². The second-order valence-electron chi connectivity index (χ2n) is 6.82. The van der Waals surface area contributed by atoms with Crippen LogP contribution in [0.3, 0.4) is 0 Å². The van der Waals surface area contributed by atoms with E-state index in [9.17, 15) is 4.79 Å². The van der Waals surface area contributed by atoms with Crippen LogP contribution in [0.5, 0.6) is 11.5 Å². The Kier molecular flexibility index (Phi) is 5.51. The summed E-state index contributed by atoms with van der Waals surface area (Å²) >= 11 is 0. The van der Waals surface area contributed by atoms with E-state index >= 15 is 0 Å². The van der Waals surface area contributed by atoms with Crippen molar-refractivity contribution in [2.45, 2.75) is 26.9 Å². The number of ether oxygens (including phenoxy) is 2. The van der Waals surface area contributed by atoms with Gasteiger partial charge in [-0.1, -0.05) is 18.2 Å². The average Bonchev–Trinajstić information content (AvgIpc) is 2.65. The van der Waals surface area contributed by atoms with Crippen LogP contribution in [-0.2, 0) is 13.1 Å². The number of aryl methyl sites for hydroxylation is 2. The summed E-state index contributed by atoms with van der Waals surface area (Å²) in [6.45, 7) is 5.30. The van der Waals surface area contributed by atoms with Crippen molar-refractivity contribution < 1.29 is 13.9 Å². The molecular formula is C22H25NO4. The Morgan fingerprint density at radius 2 is 1.70 bits per heavy atom. The van der Waals surface area contributed by atoms with Crippen molar-refractivity contribution in [2.24, 2.45) is 0 Å². The van der Waals surface area contributed by atoms with Crippen molar-refractivity contribution in [3.63, 3.8) is 0 Å². The predicted octanol–water partition coefficient (Wildman–Crippen LogP) is 4.06. The molecule has 1 aromatic heterocycles. The van der Waals surface area contributed by atoms with Crippen LogP contribution in [0, 0.1) is 13.8 Å². The summed E-state index contributed by atoms with van der Waals surface area (Å²) in [7, 11) is 5.31. The van der Waals surface area contributed by atoms with Crippen molar-refractivity contribution >= 4 is 11.0 Å². The molecule has 0 radical (unpaired) electrons. The number of hydrogen-bond donors (Lipinski definition) is 0. The molecule has 27 heavy (non-hydrogen) atoms. The highest BCUT2D eigenvalue weighted by molar-refractivity contribution is 5.83. The Balaban J connectivity index is 1.90. The molecule has 0 saturated carbocycles. The van der Waals surface area contributed by atoms with E-state index in [2.05, 4.69) is 11.0 Å². The van der Waals surface area contributed by atoms with E-state index in [4.69, 9.17) is 13.9 Å². The summed E-state index contributed by atoms with van der Waals surface area (Å²) in [4.78, 5) is 14.2. The largest absolute Gasteiger partial charge is 0.497 e. The highest BCUT2D eigenvalue weighted by atomic mass is 16.5. The fraction of sp³-hybridized carbons (Fsp3) is 0.318. The summed E-state index contributed by atoms with van der Waals surface area (Å²) in [5, 5.41) is 0.978. The monoisotopic (exact) mass is 367 g/mol. The average molecular weight is 367 g/mol. The van der Waals surface area contributed by atoms with E-state index in [1.54, 1.807) is 20.3 Å². The first kappa shape index (κ1) is 19.0. The van der Waals surface area contributed by atoms with Gasteiger partial charge in [-0.2, -0.15) is 0 Å². The first-order valence-electron chi connectivity index (χ1n) is 8.85. The molecule has 5 heteroatoms. The van der Waals surface area contributed by atoms with Crippen LogP contribution in [0.15, 0.2) is 45.6 Å². The Bertz CT molecular complexity index is 1020. The number of benzene rings is 2. The minimum atomic E-state index is -0.318. The quantitative estimate of drug-likeness (QED) is 0.615. The zero-order valence-electron chi connectivity index (χ0n) is 16.5. The molecule has 3 rings (SSSR count). The van der Waals surface area contributed by atoms with E-state index in [1.165, 1.54) is 0 Å². The van der Waals surface area contributed by atoms with Crippen LogP contribution >= 0.6 is 0 Å². The molecule has 3 aromatic rings. The van der Waals surface area contributed by atoms with Gasteiger partial charge in [0.25, 0.3) is 0 Å². The summed E-state index contributed by atoms with van der Waals surface area (Å²) in [6.07, 6.45) is 0. The molecule has 0 bridgehead atoms. The second kappa shape index (κ2) is 7.84. The first-order chi connectivity index (χ1) is 12.9. The molecule has 5 nitrogen and oxygen atoms in total. The highest BCUT2D eigenvalue weighted by Crippen LogP contribution is 2.27. The lowest BCUT2D eigenvalue weighted by atomic mass is 10.0. The van der Waals surface area contributed by atoms with Gasteiger partial charge in [-0.05, 0) is 43.7 Å². The maximum absolute atomic E-state index is 12.1. The Labute approximate surface area is 159 Å². The van der Waals surface area contributed by atoms with Gasteiger partial charge < -0.3 is 13.9 Å². The molecule has 0 aliphatic rings. The Morgan fingerprint density at radius 3 is 2.41 bits per heavy atom. The van der Waals surface area contributed by atoms with Crippen LogP contribution in [0.2, 0.25) is 0 Å². The van der Waals surface area contributed by atoms with Gasteiger partial charge in [0.15, 0.2) is 0 Å². The Hall–Kier alpha value is -2.79. The molecule has 0 amide bonds. The molecule has 2 aromatic carbocycles. The van der Waals surface area contributed by atoms with E-state index in [0.717, 1.165) is 39.1 Å². The molecule has 0 atom stereocenters. The third-order valence-corrected chi connectivity index (χ3v) is 4.89. The van der Waals surface area contributed by atoms with Crippen LogP contribution < -0.4 is 15.1 Å². The lowest BCUT2D eigenvalue weighted by Crippen LogP contribution is -2.19. The third-order valence-electron chi connectivity index (χ3n) is 4.89. The van der Waals surface area contributed by atoms with E-state index in [-0.39, 0.29) is 5.63 Å². The molecule has 142 valence electrons. The van der Waals surface area contributed by atoms with Gasteiger partial charge in [-0.25, -0.2) is 4.79 Å². The van der Waals surface area contributed by atoms with Gasteiger partial charge in [0.05, 0.1) is 14.2 Å². The molecule has 0 fully saturated rings. The van der Waals surface area contributed by atoms with Gasteiger partial charge in [0.1, 0.15) is 17.1 Å². The van der Waals surface area contributed by atoms with Crippen molar-refractivity contribution in [1.29, 1.82) is 0 Å². The number of fused-ring (bicyclic) bond motifs is 1. The lowest BCUT2D eigenvalue weighted by Gasteiger charge is -2.20. The zero-order chi connectivity index (χ0) is 19.6. The van der Waals surface area contributed by atoms with Crippen molar-refractivity contribution in [1.82, 2.24) is 4.90 Å². The molecule has 0 spiro atoms. The third kappa shape index (κ3) is 3.98. The molecule has 0 aliphatic carbocycles. The standard InChI is InChI=1S/C22H25NO4/c1-14-6-9-19-17(10-21(24)27-22(19)15(14)2)13-23(3)12-16-7-8-18(25-4)11-20(16)26-5/h6-11H,12-13H2,1-5H3. The van der Waals surface area contributed by atoms with E-state index in [0.29, 0.717) is 18.7 Å². The number of nitrogens with zero attached hydrogens (tertiary/aromatic N) is 1. The smallest absolute Gasteiger partial charge is 0.336 e. The minimum Gasteiger partial charge on any atom is -0.497 e. The van der Waals surface area contributed by atoms with E-state index in [1.807, 2.05) is 45.2 Å². The summed E-state index contributed by atoms with van der Waals surface area (Å²) < 4.78 is 16.2. The number of methoxy groups -OCH3 is 2. The normalized spacial score (nSPS) is 11.2. The maximum Gasteiger partial charge on any atom is 0.336 e. The Morgan fingerprint density at radius 1 is 0.963 bits per heavy atom. The minimum absolute atomic E-state index is 0.318. The van der Waals surface area contributed by atoms with Crippen molar-refractivity contribution in [2.75, 3.05) is 21.3 Å². The lowest BCUT2D eigenvalue weighted by molar-refractivity contribution is 0.309.